The summed E-state index contributed by atoms with van der Waals surface area (Å²) in [5, 5.41) is 2.93. The lowest BCUT2D eigenvalue weighted by molar-refractivity contribution is -0.120. The maximum absolute atomic E-state index is 13.5. The summed E-state index contributed by atoms with van der Waals surface area (Å²) in [6, 6.07) is 23.2. The Morgan fingerprint density at radius 1 is 0.935 bits per heavy atom. The third-order valence-corrected chi connectivity index (χ3v) is 6.99. The van der Waals surface area contributed by atoms with E-state index < -0.39 is 10.0 Å². The lowest BCUT2D eigenvalue weighted by Crippen LogP contribution is -2.42. The molecule has 1 atom stereocenters. The molecular weight excluding hydrogens is 408 g/mol. The third kappa shape index (κ3) is 5.33. The SMILES string of the molecule is CCc1ccccc1N(CC(=O)NC(C)c1ccc(C)cc1)S(=O)(=O)c1ccccc1. The van der Waals surface area contributed by atoms with Crippen molar-refractivity contribution in [1.29, 1.82) is 0 Å². The molecule has 5 nitrogen and oxygen atoms in total. The molecule has 0 spiro atoms. The Morgan fingerprint density at radius 3 is 2.19 bits per heavy atom. The van der Waals surface area contributed by atoms with Crippen molar-refractivity contribution in [2.75, 3.05) is 10.8 Å². The quantitative estimate of drug-likeness (QED) is 0.560. The summed E-state index contributed by atoms with van der Waals surface area (Å²) in [6.45, 7) is 5.55. The summed E-state index contributed by atoms with van der Waals surface area (Å²) < 4.78 is 28.2. The van der Waals surface area contributed by atoms with Crippen molar-refractivity contribution in [2.24, 2.45) is 0 Å². The number of aryl methyl sites for hydroxylation is 2. The monoisotopic (exact) mass is 436 g/mol. The second kappa shape index (κ2) is 9.79. The Balaban J connectivity index is 1.91. The predicted octanol–water partition coefficient (Wildman–Crippen LogP) is 4.63. The molecule has 0 radical (unpaired) electrons. The molecular formula is C25H28N2O3S. The van der Waals surface area contributed by atoms with E-state index in [-0.39, 0.29) is 23.4 Å². The Hall–Kier alpha value is -3.12. The van der Waals surface area contributed by atoms with Gasteiger partial charge in [0.15, 0.2) is 0 Å². The number of rotatable bonds is 8. The topological polar surface area (TPSA) is 66.5 Å². The number of para-hydroxylation sites is 1. The van der Waals surface area contributed by atoms with E-state index in [9.17, 15) is 13.2 Å². The smallest absolute Gasteiger partial charge is 0.264 e. The molecule has 3 aromatic rings. The Kier molecular flexibility index (Phi) is 7.13. The maximum Gasteiger partial charge on any atom is 0.264 e. The van der Waals surface area contributed by atoms with Crippen molar-refractivity contribution in [3.8, 4) is 0 Å². The van der Waals surface area contributed by atoms with E-state index in [1.165, 1.54) is 4.31 Å². The summed E-state index contributed by atoms with van der Waals surface area (Å²) >= 11 is 0. The van der Waals surface area contributed by atoms with Crippen LogP contribution in [0.3, 0.4) is 0 Å². The zero-order valence-electron chi connectivity index (χ0n) is 18.1. The van der Waals surface area contributed by atoms with Gasteiger partial charge in [-0.2, -0.15) is 0 Å². The molecule has 0 saturated carbocycles. The summed E-state index contributed by atoms with van der Waals surface area (Å²) in [4.78, 5) is 13.1. The minimum absolute atomic E-state index is 0.153. The van der Waals surface area contributed by atoms with E-state index in [1.807, 2.05) is 57.2 Å². The van der Waals surface area contributed by atoms with Crippen molar-refractivity contribution in [2.45, 2.75) is 38.1 Å². The highest BCUT2D eigenvalue weighted by atomic mass is 32.2. The number of hydrogen-bond donors (Lipinski definition) is 1. The zero-order chi connectivity index (χ0) is 22.4. The number of nitrogens with one attached hydrogen (secondary N) is 1. The highest BCUT2D eigenvalue weighted by Gasteiger charge is 2.28. The first-order valence-corrected chi connectivity index (χ1v) is 11.8. The standard InChI is InChI=1S/C25H28N2O3S/c1-4-21-10-8-9-13-24(21)27(31(29,30)23-11-6-5-7-12-23)18-25(28)26-20(3)22-16-14-19(2)15-17-22/h5-17,20H,4,18H2,1-3H3,(H,26,28). The van der Waals surface area contributed by atoms with E-state index in [4.69, 9.17) is 0 Å². The van der Waals surface area contributed by atoms with Gasteiger partial charge in [-0.25, -0.2) is 8.42 Å². The zero-order valence-corrected chi connectivity index (χ0v) is 18.9. The molecule has 1 N–H and O–H groups in total. The molecule has 0 saturated heterocycles. The maximum atomic E-state index is 13.5. The first-order chi connectivity index (χ1) is 14.8. The van der Waals surface area contributed by atoms with E-state index in [0.29, 0.717) is 12.1 Å². The van der Waals surface area contributed by atoms with Crippen molar-refractivity contribution >= 4 is 21.6 Å². The van der Waals surface area contributed by atoms with Gasteiger partial charge in [0.05, 0.1) is 16.6 Å². The van der Waals surface area contributed by atoms with Crippen LogP contribution in [0.15, 0.2) is 83.8 Å². The first-order valence-electron chi connectivity index (χ1n) is 10.3. The molecule has 3 rings (SSSR count). The van der Waals surface area contributed by atoms with Gasteiger partial charge in [-0.15, -0.1) is 0 Å². The molecule has 31 heavy (non-hydrogen) atoms. The fourth-order valence-corrected chi connectivity index (χ4v) is 4.91. The van der Waals surface area contributed by atoms with Crippen molar-refractivity contribution in [3.63, 3.8) is 0 Å². The normalized spacial score (nSPS) is 12.2. The summed E-state index contributed by atoms with van der Waals surface area (Å²) in [5.41, 5.74) is 3.48. The second-order valence-corrected chi connectivity index (χ2v) is 9.37. The number of benzene rings is 3. The number of nitrogens with zero attached hydrogens (tertiary/aromatic N) is 1. The lowest BCUT2D eigenvalue weighted by Gasteiger charge is -2.27. The van der Waals surface area contributed by atoms with Crippen LogP contribution >= 0.6 is 0 Å². The van der Waals surface area contributed by atoms with Crippen LogP contribution < -0.4 is 9.62 Å². The summed E-state index contributed by atoms with van der Waals surface area (Å²) in [6.07, 6.45) is 0.651. The molecule has 0 aliphatic heterocycles. The van der Waals surface area contributed by atoms with Gasteiger partial charge >= 0.3 is 0 Å². The molecule has 3 aromatic carbocycles. The van der Waals surface area contributed by atoms with Crippen LogP contribution in [0.2, 0.25) is 0 Å². The molecule has 0 aliphatic carbocycles. The van der Waals surface area contributed by atoms with Crippen LogP contribution in [0.1, 0.15) is 36.6 Å². The van der Waals surface area contributed by atoms with Gasteiger partial charge in [-0.3, -0.25) is 9.10 Å². The van der Waals surface area contributed by atoms with Crippen LogP contribution in [0, 0.1) is 6.92 Å². The van der Waals surface area contributed by atoms with Crippen LogP contribution in [0.25, 0.3) is 0 Å². The fraction of sp³-hybridized carbons (Fsp3) is 0.240. The highest BCUT2D eigenvalue weighted by Crippen LogP contribution is 2.27. The number of anilines is 1. The Bertz CT molecular complexity index is 1130. The van der Waals surface area contributed by atoms with Crippen LogP contribution in [0.5, 0.6) is 0 Å². The van der Waals surface area contributed by atoms with E-state index in [2.05, 4.69) is 5.32 Å². The third-order valence-electron chi connectivity index (χ3n) is 5.21. The van der Waals surface area contributed by atoms with Crippen molar-refractivity contribution in [3.05, 3.63) is 95.6 Å². The average Bonchev–Trinajstić information content (AvgIpc) is 2.78. The molecule has 0 bridgehead atoms. The van der Waals surface area contributed by atoms with Gasteiger partial charge in [0, 0.05) is 0 Å². The van der Waals surface area contributed by atoms with E-state index >= 15 is 0 Å². The first kappa shape index (κ1) is 22.6. The molecule has 0 aromatic heterocycles. The van der Waals surface area contributed by atoms with Gasteiger partial charge in [0.25, 0.3) is 10.0 Å². The van der Waals surface area contributed by atoms with Gasteiger partial charge in [0.2, 0.25) is 5.91 Å². The van der Waals surface area contributed by atoms with Gasteiger partial charge < -0.3 is 5.32 Å². The summed E-state index contributed by atoms with van der Waals surface area (Å²) in [5.74, 6) is -0.363. The number of amides is 1. The number of hydrogen-bond acceptors (Lipinski definition) is 3. The number of carbonyl (C=O) groups excluding carboxylic acids is 1. The van der Waals surface area contributed by atoms with Crippen molar-refractivity contribution in [1.82, 2.24) is 5.32 Å². The van der Waals surface area contributed by atoms with Crippen LogP contribution in [-0.2, 0) is 21.2 Å². The van der Waals surface area contributed by atoms with E-state index in [0.717, 1.165) is 16.7 Å². The molecule has 1 amide bonds. The Morgan fingerprint density at radius 2 is 1.55 bits per heavy atom. The fourth-order valence-electron chi connectivity index (χ4n) is 3.43. The number of carbonyl (C=O) groups is 1. The van der Waals surface area contributed by atoms with Crippen LogP contribution in [-0.4, -0.2) is 20.9 Å². The molecule has 6 heteroatoms. The summed E-state index contributed by atoms with van der Waals surface area (Å²) in [7, 11) is -3.92. The molecule has 0 heterocycles. The molecule has 0 fully saturated rings. The van der Waals surface area contributed by atoms with Gasteiger partial charge in [0.1, 0.15) is 6.54 Å². The van der Waals surface area contributed by atoms with E-state index in [1.54, 1.807) is 42.5 Å². The minimum atomic E-state index is -3.92. The number of sulfonamides is 1. The predicted molar refractivity (Wildman–Crippen MR) is 125 cm³/mol. The molecule has 162 valence electrons. The highest BCUT2D eigenvalue weighted by molar-refractivity contribution is 7.92. The van der Waals surface area contributed by atoms with Crippen LogP contribution in [0.4, 0.5) is 5.69 Å². The lowest BCUT2D eigenvalue weighted by atomic mass is 10.1. The second-order valence-electron chi connectivity index (χ2n) is 7.51. The molecule has 0 aliphatic rings. The Labute approximate surface area is 184 Å². The molecule has 1 unspecified atom stereocenters. The van der Waals surface area contributed by atoms with Crippen molar-refractivity contribution < 1.29 is 13.2 Å². The van der Waals surface area contributed by atoms with Gasteiger partial charge in [-0.05, 0) is 49.6 Å². The largest absolute Gasteiger partial charge is 0.348 e. The average molecular weight is 437 g/mol. The minimum Gasteiger partial charge on any atom is -0.348 e. The van der Waals surface area contributed by atoms with Gasteiger partial charge in [-0.1, -0.05) is 73.2 Å².